The number of nitrogens with one attached hydrogen (secondary N) is 1. The first-order valence-corrected chi connectivity index (χ1v) is 5.98. The van der Waals surface area contributed by atoms with E-state index in [2.05, 4.69) is 4.72 Å². The molecule has 0 bridgehead atoms. The van der Waals surface area contributed by atoms with Gasteiger partial charge in [-0.1, -0.05) is 0 Å². The summed E-state index contributed by atoms with van der Waals surface area (Å²) in [6.07, 6.45) is 1.40. The molecular weight excluding hydrogens is 208 g/mol. The number of carbonyl (C=O) groups excluding carboxylic acids is 2. The Morgan fingerprint density at radius 3 is 2.50 bits per heavy atom. The first-order valence-electron chi connectivity index (χ1n) is 4.09. The van der Waals surface area contributed by atoms with Gasteiger partial charge in [0, 0.05) is 13.5 Å². The maximum atomic E-state index is 11.4. The molecule has 0 saturated carbocycles. The molecule has 1 N–H and O–H groups in total. The molecule has 2 amide bonds. The zero-order chi connectivity index (χ0) is 10.9. The van der Waals surface area contributed by atoms with Crippen molar-refractivity contribution in [2.24, 2.45) is 0 Å². The molecule has 14 heavy (non-hydrogen) atoms. The highest BCUT2D eigenvalue weighted by atomic mass is 32.2. The Morgan fingerprint density at radius 1 is 1.43 bits per heavy atom. The number of piperidine rings is 1. The summed E-state index contributed by atoms with van der Waals surface area (Å²) < 4.78 is 23.9. The summed E-state index contributed by atoms with van der Waals surface area (Å²) in [7, 11) is -2.06. The molecule has 7 heteroatoms. The van der Waals surface area contributed by atoms with Crippen LogP contribution >= 0.6 is 0 Å². The van der Waals surface area contributed by atoms with Crippen molar-refractivity contribution in [3.05, 3.63) is 0 Å². The third kappa shape index (κ3) is 2.52. The minimum absolute atomic E-state index is 0.190. The second-order valence-electron chi connectivity index (χ2n) is 3.27. The number of amides is 2. The summed E-state index contributed by atoms with van der Waals surface area (Å²) in [6, 6.07) is -0.798. The number of likely N-dealkylation sites (tertiary alicyclic amines) is 1. The molecule has 1 heterocycles. The molecule has 0 aromatic heterocycles. The van der Waals surface area contributed by atoms with Gasteiger partial charge in [0.05, 0.1) is 6.26 Å². The van der Waals surface area contributed by atoms with Crippen LogP contribution in [0.3, 0.4) is 0 Å². The highest BCUT2D eigenvalue weighted by molar-refractivity contribution is 7.88. The lowest BCUT2D eigenvalue weighted by Crippen LogP contribution is -2.52. The molecule has 1 aliphatic rings. The Hall–Kier alpha value is -0.950. The fourth-order valence-corrected chi connectivity index (χ4v) is 2.02. The second-order valence-corrected chi connectivity index (χ2v) is 5.05. The van der Waals surface area contributed by atoms with Crippen LogP contribution in [0, 0.1) is 0 Å². The van der Waals surface area contributed by atoms with E-state index in [0.29, 0.717) is 0 Å². The van der Waals surface area contributed by atoms with Gasteiger partial charge in [0.15, 0.2) is 0 Å². The lowest BCUT2D eigenvalue weighted by molar-refractivity contribution is -0.147. The smallest absolute Gasteiger partial charge is 0.247 e. The molecule has 1 fully saturated rings. The van der Waals surface area contributed by atoms with Crippen LogP contribution in [0.4, 0.5) is 0 Å². The minimum atomic E-state index is -3.41. The fourth-order valence-electron chi connectivity index (χ4n) is 1.28. The summed E-state index contributed by atoms with van der Waals surface area (Å²) in [6.45, 7) is 0. The van der Waals surface area contributed by atoms with Gasteiger partial charge in [-0.05, 0) is 6.42 Å². The molecule has 80 valence electrons. The van der Waals surface area contributed by atoms with Crippen molar-refractivity contribution in [3.8, 4) is 0 Å². The summed E-state index contributed by atoms with van der Waals surface area (Å²) in [5, 5.41) is 0. The van der Waals surface area contributed by atoms with Crippen molar-refractivity contribution >= 4 is 21.8 Å². The van der Waals surface area contributed by atoms with Gasteiger partial charge in [-0.3, -0.25) is 14.5 Å². The van der Waals surface area contributed by atoms with E-state index in [9.17, 15) is 18.0 Å². The molecule has 0 aliphatic carbocycles. The van der Waals surface area contributed by atoms with E-state index >= 15 is 0 Å². The van der Waals surface area contributed by atoms with Crippen LogP contribution in [0.15, 0.2) is 0 Å². The van der Waals surface area contributed by atoms with Crippen LogP contribution in [0.5, 0.6) is 0 Å². The third-order valence-electron chi connectivity index (χ3n) is 2.01. The van der Waals surface area contributed by atoms with E-state index in [0.717, 1.165) is 11.2 Å². The topological polar surface area (TPSA) is 83.6 Å². The lowest BCUT2D eigenvalue weighted by Gasteiger charge is -2.27. The molecule has 0 radical (unpaired) electrons. The molecule has 1 saturated heterocycles. The number of imide groups is 1. The molecule has 0 spiro atoms. The van der Waals surface area contributed by atoms with Gasteiger partial charge in [-0.2, -0.15) is 0 Å². The Morgan fingerprint density at radius 2 is 2.00 bits per heavy atom. The van der Waals surface area contributed by atoms with E-state index in [1.165, 1.54) is 7.05 Å². The van der Waals surface area contributed by atoms with Crippen LogP contribution in [0.2, 0.25) is 0 Å². The zero-order valence-corrected chi connectivity index (χ0v) is 8.80. The monoisotopic (exact) mass is 220 g/mol. The van der Waals surface area contributed by atoms with Crippen LogP contribution in [-0.4, -0.2) is 44.5 Å². The van der Waals surface area contributed by atoms with Crippen LogP contribution in [-0.2, 0) is 19.6 Å². The quantitative estimate of drug-likeness (QED) is 0.585. The molecule has 1 unspecified atom stereocenters. The molecule has 0 aromatic rings. The zero-order valence-electron chi connectivity index (χ0n) is 7.98. The second kappa shape index (κ2) is 3.66. The maximum absolute atomic E-state index is 11.4. The van der Waals surface area contributed by atoms with Crippen LogP contribution in [0.25, 0.3) is 0 Å². The maximum Gasteiger partial charge on any atom is 0.247 e. The number of hydrogen-bond acceptors (Lipinski definition) is 4. The molecule has 1 atom stereocenters. The van der Waals surface area contributed by atoms with Crippen molar-refractivity contribution < 1.29 is 18.0 Å². The van der Waals surface area contributed by atoms with Crippen molar-refractivity contribution in [2.45, 2.75) is 18.9 Å². The van der Waals surface area contributed by atoms with Gasteiger partial charge in [0.1, 0.15) is 6.04 Å². The number of hydrogen-bond donors (Lipinski definition) is 1. The summed E-state index contributed by atoms with van der Waals surface area (Å²) in [5.41, 5.74) is 0. The largest absolute Gasteiger partial charge is 0.284 e. The van der Waals surface area contributed by atoms with Gasteiger partial charge < -0.3 is 0 Å². The van der Waals surface area contributed by atoms with Gasteiger partial charge in [-0.25, -0.2) is 13.1 Å². The molecule has 0 aromatic carbocycles. The summed E-state index contributed by atoms with van der Waals surface area (Å²) in [5.74, 6) is -0.770. The number of nitrogens with zero attached hydrogens (tertiary/aromatic N) is 1. The van der Waals surface area contributed by atoms with Crippen molar-refractivity contribution in [1.82, 2.24) is 9.62 Å². The van der Waals surface area contributed by atoms with E-state index in [-0.39, 0.29) is 18.7 Å². The van der Waals surface area contributed by atoms with Crippen molar-refractivity contribution in [2.75, 3.05) is 13.3 Å². The standard InChI is InChI=1S/C7H12N2O4S/c1-9-6(10)4-3-5(7(9)11)8-14(2,12)13/h5,8H,3-4H2,1-2H3. The van der Waals surface area contributed by atoms with Crippen LogP contribution in [0.1, 0.15) is 12.8 Å². The SMILES string of the molecule is CN1C(=O)CCC(NS(C)(=O)=O)C1=O. The Balaban J connectivity index is 2.74. The molecular formula is C7H12N2O4S. The normalized spacial score (nSPS) is 24.1. The highest BCUT2D eigenvalue weighted by Gasteiger charge is 2.33. The van der Waals surface area contributed by atoms with Crippen molar-refractivity contribution in [1.29, 1.82) is 0 Å². The highest BCUT2D eigenvalue weighted by Crippen LogP contribution is 2.11. The third-order valence-corrected chi connectivity index (χ3v) is 2.72. The average molecular weight is 220 g/mol. The Labute approximate surface area is 82.3 Å². The molecule has 6 nitrogen and oxygen atoms in total. The van der Waals surface area contributed by atoms with Gasteiger partial charge >= 0.3 is 0 Å². The van der Waals surface area contributed by atoms with E-state index in [4.69, 9.17) is 0 Å². The summed E-state index contributed by atoms with van der Waals surface area (Å²) >= 11 is 0. The first kappa shape index (κ1) is 11.1. The Kier molecular flexibility index (Phi) is 2.91. The minimum Gasteiger partial charge on any atom is -0.284 e. The van der Waals surface area contributed by atoms with Gasteiger partial charge in [-0.15, -0.1) is 0 Å². The molecule has 1 rings (SSSR count). The number of sulfonamides is 1. The van der Waals surface area contributed by atoms with Gasteiger partial charge in [0.25, 0.3) is 0 Å². The van der Waals surface area contributed by atoms with Gasteiger partial charge in [0.2, 0.25) is 21.8 Å². The lowest BCUT2D eigenvalue weighted by atomic mass is 10.1. The number of carbonyl (C=O) groups is 2. The van der Waals surface area contributed by atoms with Crippen molar-refractivity contribution in [3.63, 3.8) is 0 Å². The Bertz CT molecular complexity index is 362. The fraction of sp³-hybridized carbons (Fsp3) is 0.714. The van der Waals surface area contributed by atoms with E-state index in [1.807, 2.05) is 0 Å². The predicted molar refractivity (Wildman–Crippen MR) is 48.8 cm³/mol. The first-order chi connectivity index (χ1) is 6.31. The average Bonchev–Trinajstić information content (AvgIpc) is 2.04. The number of rotatable bonds is 2. The predicted octanol–water partition coefficient (Wildman–Crippen LogP) is -1.32. The van der Waals surface area contributed by atoms with E-state index < -0.39 is 22.0 Å². The van der Waals surface area contributed by atoms with E-state index in [1.54, 1.807) is 0 Å². The summed E-state index contributed by atoms with van der Waals surface area (Å²) in [4.78, 5) is 23.4. The number of likely N-dealkylation sites (N-methyl/N-ethyl adjacent to an activating group) is 1. The van der Waals surface area contributed by atoms with Crippen LogP contribution < -0.4 is 4.72 Å². The molecule has 1 aliphatic heterocycles.